The molecule has 0 spiro atoms. The summed E-state index contributed by atoms with van der Waals surface area (Å²) in [6, 6.07) is 3.99. The van der Waals surface area contributed by atoms with Gasteiger partial charge in [-0.15, -0.1) is 24.0 Å². The van der Waals surface area contributed by atoms with Crippen molar-refractivity contribution in [2.75, 3.05) is 19.7 Å². The number of hydrogen-bond acceptors (Lipinski definition) is 4. The first-order valence-electron chi connectivity index (χ1n) is 9.08. The first kappa shape index (κ1) is 23.2. The molecule has 2 heterocycles. The molecule has 7 nitrogen and oxygen atoms in total. The van der Waals surface area contributed by atoms with Crippen LogP contribution in [-0.2, 0) is 13.5 Å². The van der Waals surface area contributed by atoms with Crippen LogP contribution in [-0.4, -0.2) is 46.5 Å². The molecule has 27 heavy (non-hydrogen) atoms. The Morgan fingerprint density at radius 2 is 2.15 bits per heavy atom. The summed E-state index contributed by atoms with van der Waals surface area (Å²) in [4.78, 5) is 8.62. The zero-order valence-electron chi connectivity index (χ0n) is 16.8. The van der Waals surface area contributed by atoms with Crippen molar-refractivity contribution in [3.05, 3.63) is 41.5 Å². The minimum atomic E-state index is 0. The van der Waals surface area contributed by atoms with Crippen LogP contribution in [0.2, 0.25) is 0 Å². The summed E-state index contributed by atoms with van der Waals surface area (Å²) in [6.45, 7) is 10.3. The molecular formula is C19H31IN6O. The maximum atomic E-state index is 5.63. The summed E-state index contributed by atoms with van der Waals surface area (Å²) in [6.07, 6.45) is 4.33. The average molecular weight is 486 g/mol. The standard InChI is InChI=1S/C19H30N6O.HI/c1-6-21-19(22-10-11-26-17-8-7-9-20-13-17)23-14(2)12-18-15(3)24-25(5)16(18)4;/h7-9,13-14H,6,10-12H2,1-5H3,(H2,21,22,23);1H. The number of halogens is 1. The van der Waals surface area contributed by atoms with Gasteiger partial charge in [-0.25, -0.2) is 4.99 Å². The molecule has 0 bridgehead atoms. The first-order valence-corrected chi connectivity index (χ1v) is 9.08. The summed E-state index contributed by atoms with van der Waals surface area (Å²) in [7, 11) is 1.98. The Morgan fingerprint density at radius 1 is 1.37 bits per heavy atom. The van der Waals surface area contributed by atoms with Crippen LogP contribution >= 0.6 is 24.0 Å². The Bertz CT molecular complexity index is 716. The molecule has 0 radical (unpaired) electrons. The van der Waals surface area contributed by atoms with Crippen molar-refractivity contribution in [3.63, 3.8) is 0 Å². The van der Waals surface area contributed by atoms with Crippen LogP contribution in [0.4, 0.5) is 0 Å². The second kappa shape index (κ2) is 11.8. The van der Waals surface area contributed by atoms with Gasteiger partial charge in [0.2, 0.25) is 0 Å². The van der Waals surface area contributed by atoms with Crippen molar-refractivity contribution in [2.45, 2.75) is 40.2 Å². The fourth-order valence-corrected chi connectivity index (χ4v) is 2.78. The van der Waals surface area contributed by atoms with E-state index in [2.05, 4.69) is 53.4 Å². The van der Waals surface area contributed by atoms with Crippen molar-refractivity contribution in [1.29, 1.82) is 0 Å². The third-order valence-electron chi connectivity index (χ3n) is 4.16. The average Bonchev–Trinajstić information content (AvgIpc) is 2.86. The molecule has 1 atom stereocenters. The molecule has 150 valence electrons. The second-order valence-electron chi connectivity index (χ2n) is 6.32. The molecule has 2 aromatic rings. The number of rotatable bonds is 8. The number of aryl methyl sites for hydroxylation is 2. The largest absolute Gasteiger partial charge is 0.490 e. The Labute approximate surface area is 179 Å². The highest BCUT2D eigenvalue weighted by atomic mass is 127. The van der Waals surface area contributed by atoms with Gasteiger partial charge in [0.25, 0.3) is 0 Å². The number of nitrogens with zero attached hydrogens (tertiary/aromatic N) is 4. The van der Waals surface area contributed by atoms with E-state index in [1.165, 1.54) is 11.3 Å². The van der Waals surface area contributed by atoms with Crippen molar-refractivity contribution >= 4 is 29.9 Å². The quantitative estimate of drug-likeness (QED) is 0.260. The lowest BCUT2D eigenvalue weighted by atomic mass is 10.1. The van der Waals surface area contributed by atoms with E-state index in [1.54, 1.807) is 12.4 Å². The van der Waals surface area contributed by atoms with E-state index in [9.17, 15) is 0 Å². The maximum absolute atomic E-state index is 5.63. The third-order valence-corrected chi connectivity index (χ3v) is 4.16. The van der Waals surface area contributed by atoms with E-state index in [0.717, 1.165) is 30.4 Å². The van der Waals surface area contributed by atoms with Crippen LogP contribution in [0, 0.1) is 13.8 Å². The molecule has 0 saturated heterocycles. The molecule has 8 heteroatoms. The van der Waals surface area contributed by atoms with Gasteiger partial charge in [-0.1, -0.05) is 0 Å². The highest BCUT2D eigenvalue weighted by Crippen LogP contribution is 2.14. The van der Waals surface area contributed by atoms with Crippen LogP contribution < -0.4 is 15.4 Å². The predicted molar refractivity (Wildman–Crippen MR) is 120 cm³/mol. The van der Waals surface area contributed by atoms with Crippen molar-refractivity contribution < 1.29 is 4.74 Å². The summed E-state index contributed by atoms with van der Waals surface area (Å²) in [5, 5.41) is 11.2. The Hall–Kier alpha value is -1.84. The van der Waals surface area contributed by atoms with Crippen LogP contribution in [0.3, 0.4) is 0 Å². The summed E-state index contributed by atoms with van der Waals surface area (Å²) >= 11 is 0. The molecule has 1 unspecified atom stereocenters. The van der Waals surface area contributed by atoms with E-state index >= 15 is 0 Å². The van der Waals surface area contributed by atoms with E-state index in [4.69, 9.17) is 4.74 Å². The normalized spacial score (nSPS) is 12.3. The van der Waals surface area contributed by atoms with Crippen LogP contribution in [0.15, 0.2) is 29.5 Å². The highest BCUT2D eigenvalue weighted by Gasteiger charge is 2.13. The van der Waals surface area contributed by atoms with E-state index in [0.29, 0.717) is 13.2 Å². The van der Waals surface area contributed by atoms with Crippen molar-refractivity contribution in [1.82, 2.24) is 25.4 Å². The van der Waals surface area contributed by atoms with E-state index < -0.39 is 0 Å². The number of nitrogens with one attached hydrogen (secondary N) is 2. The molecule has 0 aliphatic rings. The van der Waals surface area contributed by atoms with Crippen LogP contribution in [0.25, 0.3) is 0 Å². The van der Waals surface area contributed by atoms with Crippen molar-refractivity contribution in [2.24, 2.45) is 12.0 Å². The van der Waals surface area contributed by atoms with Crippen LogP contribution in [0.5, 0.6) is 5.75 Å². The lowest BCUT2D eigenvalue weighted by molar-refractivity contribution is 0.327. The topological polar surface area (TPSA) is 76.4 Å². The van der Waals surface area contributed by atoms with Gasteiger partial charge in [0.05, 0.1) is 18.4 Å². The van der Waals surface area contributed by atoms with Gasteiger partial charge in [0.15, 0.2) is 5.96 Å². The van der Waals surface area contributed by atoms with Crippen molar-refractivity contribution in [3.8, 4) is 5.75 Å². The first-order chi connectivity index (χ1) is 12.5. The molecule has 2 rings (SSSR count). The minimum Gasteiger partial charge on any atom is -0.490 e. The molecule has 0 saturated carbocycles. The number of pyridine rings is 1. The van der Waals surface area contributed by atoms with Gasteiger partial charge in [0, 0.05) is 31.5 Å². The Balaban J connectivity index is 0.00000364. The Kier molecular flexibility index (Phi) is 10.1. The van der Waals surface area contributed by atoms with Crippen LogP contribution in [0.1, 0.15) is 30.8 Å². The zero-order chi connectivity index (χ0) is 18.9. The summed E-state index contributed by atoms with van der Waals surface area (Å²) < 4.78 is 7.57. The van der Waals surface area contributed by atoms with E-state index in [1.807, 2.05) is 23.9 Å². The van der Waals surface area contributed by atoms with Gasteiger partial charge < -0.3 is 15.4 Å². The fourth-order valence-electron chi connectivity index (χ4n) is 2.78. The number of hydrogen-bond donors (Lipinski definition) is 2. The van der Waals surface area contributed by atoms with Gasteiger partial charge in [0.1, 0.15) is 12.4 Å². The van der Waals surface area contributed by atoms with Gasteiger partial charge in [-0.05, 0) is 51.8 Å². The smallest absolute Gasteiger partial charge is 0.191 e. The SMILES string of the molecule is CCNC(=NCCOc1cccnc1)NC(C)Cc1c(C)nn(C)c1C.I. The lowest BCUT2D eigenvalue weighted by Crippen LogP contribution is -2.43. The minimum absolute atomic E-state index is 0. The molecule has 2 aromatic heterocycles. The van der Waals surface area contributed by atoms with E-state index in [-0.39, 0.29) is 30.0 Å². The number of ether oxygens (including phenoxy) is 1. The molecule has 0 fully saturated rings. The molecule has 0 aliphatic heterocycles. The van der Waals surface area contributed by atoms with Gasteiger partial charge in [-0.2, -0.15) is 5.10 Å². The number of guanidine groups is 1. The molecule has 0 amide bonds. The second-order valence-corrected chi connectivity index (χ2v) is 6.32. The van der Waals surface area contributed by atoms with Gasteiger partial charge >= 0.3 is 0 Å². The molecule has 0 aromatic carbocycles. The molecular weight excluding hydrogens is 455 g/mol. The summed E-state index contributed by atoms with van der Waals surface area (Å²) in [5.74, 6) is 1.56. The molecule has 2 N–H and O–H groups in total. The lowest BCUT2D eigenvalue weighted by Gasteiger charge is -2.18. The number of aliphatic imine (C=N–C) groups is 1. The number of aromatic nitrogens is 3. The Morgan fingerprint density at radius 3 is 2.74 bits per heavy atom. The fraction of sp³-hybridized carbons (Fsp3) is 0.526. The third kappa shape index (κ3) is 7.36. The van der Waals surface area contributed by atoms with Gasteiger partial charge in [-0.3, -0.25) is 9.67 Å². The highest BCUT2D eigenvalue weighted by molar-refractivity contribution is 14.0. The zero-order valence-corrected chi connectivity index (χ0v) is 19.2. The molecule has 0 aliphatic carbocycles. The summed E-state index contributed by atoms with van der Waals surface area (Å²) in [5.41, 5.74) is 3.59. The predicted octanol–water partition coefficient (Wildman–Crippen LogP) is 2.62. The maximum Gasteiger partial charge on any atom is 0.191 e. The monoisotopic (exact) mass is 486 g/mol.